The van der Waals surface area contributed by atoms with Crippen LogP contribution in [-0.4, -0.2) is 5.60 Å². The first kappa shape index (κ1) is 10.4. The molecule has 0 amide bonds. The van der Waals surface area contributed by atoms with Gasteiger partial charge in [-0.3, -0.25) is 0 Å². The second kappa shape index (κ2) is 3.38. The van der Waals surface area contributed by atoms with Crippen LogP contribution in [0.15, 0.2) is 12.1 Å². The number of rotatable bonds is 0. The van der Waals surface area contributed by atoms with Gasteiger partial charge in [-0.05, 0) is 43.9 Å². The van der Waals surface area contributed by atoms with E-state index in [4.69, 9.17) is 22.1 Å². The Labute approximate surface area is 101 Å². The van der Waals surface area contributed by atoms with Crippen LogP contribution in [0.1, 0.15) is 42.9 Å². The molecule has 0 bridgehead atoms. The van der Waals surface area contributed by atoms with Crippen LogP contribution in [0.3, 0.4) is 0 Å². The van der Waals surface area contributed by atoms with Crippen LogP contribution in [-0.2, 0) is 0 Å². The lowest BCUT2D eigenvalue weighted by Crippen LogP contribution is -2.48. The van der Waals surface area contributed by atoms with Gasteiger partial charge in [-0.2, -0.15) is 0 Å². The Kier molecular flexibility index (Phi) is 2.20. The van der Waals surface area contributed by atoms with Gasteiger partial charge in [0.1, 0.15) is 11.4 Å². The molecule has 1 aromatic carbocycles. The molecule has 0 aromatic heterocycles. The van der Waals surface area contributed by atoms with Crippen molar-refractivity contribution in [1.29, 1.82) is 0 Å². The molecule has 1 unspecified atom stereocenters. The fraction of sp³-hybridized carbons (Fsp3) is 0.538. The molecule has 1 fully saturated rings. The number of hydrogen-bond donors (Lipinski definition) is 1. The number of aryl methyl sites for hydroxylation is 1. The highest BCUT2D eigenvalue weighted by molar-refractivity contribution is 6.31. The van der Waals surface area contributed by atoms with Gasteiger partial charge in [0.15, 0.2) is 0 Å². The molecule has 3 heteroatoms. The molecule has 1 heterocycles. The average molecular weight is 238 g/mol. The predicted molar refractivity (Wildman–Crippen MR) is 64.9 cm³/mol. The number of benzene rings is 1. The quantitative estimate of drug-likeness (QED) is 0.751. The molecular formula is C13H16ClNO. The maximum Gasteiger partial charge on any atom is 0.125 e. The van der Waals surface area contributed by atoms with Crippen LogP contribution < -0.4 is 10.5 Å². The van der Waals surface area contributed by atoms with Gasteiger partial charge in [0.05, 0.1) is 0 Å². The minimum atomic E-state index is 0.0344. The summed E-state index contributed by atoms with van der Waals surface area (Å²) in [5, 5.41) is 0.780. The molecule has 2 nitrogen and oxygen atoms in total. The van der Waals surface area contributed by atoms with Gasteiger partial charge in [0.2, 0.25) is 0 Å². The van der Waals surface area contributed by atoms with E-state index in [0.717, 1.165) is 41.2 Å². The van der Waals surface area contributed by atoms with Crippen molar-refractivity contribution in [2.45, 2.75) is 44.2 Å². The summed E-state index contributed by atoms with van der Waals surface area (Å²) in [4.78, 5) is 0. The Hall–Kier alpha value is -0.730. The number of hydrogen-bond acceptors (Lipinski definition) is 2. The van der Waals surface area contributed by atoms with Crippen LogP contribution in [0.5, 0.6) is 5.75 Å². The topological polar surface area (TPSA) is 35.2 Å². The molecule has 0 saturated heterocycles. The zero-order chi connectivity index (χ0) is 11.3. The van der Waals surface area contributed by atoms with E-state index in [0.29, 0.717) is 0 Å². The van der Waals surface area contributed by atoms with Gasteiger partial charge in [-0.15, -0.1) is 0 Å². The summed E-state index contributed by atoms with van der Waals surface area (Å²) in [6.45, 7) is 2.00. The Balaban J connectivity index is 2.04. The molecule has 1 aliphatic carbocycles. The van der Waals surface area contributed by atoms with Crippen LogP contribution in [0, 0.1) is 6.92 Å². The zero-order valence-electron chi connectivity index (χ0n) is 9.42. The third kappa shape index (κ3) is 1.44. The van der Waals surface area contributed by atoms with E-state index in [9.17, 15) is 0 Å². The maximum atomic E-state index is 6.21. The summed E-state index contributed by atoms with van der Waals surface area (Å²) in [5.74, 6) is 0.945. The molecule has 1 spiro atoms. The predicted octanol–water partition coefficient (Wildman–Crippen LogP) is 3.35. The molecule has 3 rings (SSSR count). The number of nitrogens with two attached hydrogens (primary N) is 1. The second-order valence-electron chi connectivity index (χ2n) is 5.09. The van der Waals surface area contributed by atoms with Crippen LogP contribution in [0.25, 0.3) is 0 Å². The van der Waals surface area contributed by atoms with Gasteiger partial charge < -0.3 is 10.5 Å². The lowest BCUT2D eigenvalue weighted by Gasteiger charge is -2.47. The Morgan fingerprint density at radius 1 is 1.44 bits per heavy atom. The molecule has 1 aromatic rings. The van der Waals surface area contributed by atoms with Crippen molar-refractivity contribution in [2.24, 2.45) is 5.73 Å². The van der Waals surface area contributed by atoms with E-state index in [1.165, 1.54) is 6.42 Å². The lowest BCUT2D eigenvalue weighted by atomic mass is 9.73. The number of halogens is 1. The van der Waals surface area contributed by atoms with E-state index in [1.54, 1.807) is 0 Å². The standard InChI is InChI=1S/C13H16ClNO/c1-8-5-12-9(6-10(8)14)11(15)7-13(16-12)3-2-4-13/h5-6,11H,2-4,7,15H2,1H3. The normalized spacial score (nSPS) is 25.8. The van der Waals surface area contributed by atoms with Gasteiger partial charge >= 0.3 is 0 Å². The van der Waals surface area contributed by atoms with E-state index >= 15 is 0 Å². The Bertz CT molecular complexity index is 440. The summed E-state index contributed by atoms with van der Waals surface area (Å²) >= 11 is 6.12. The van der Waals surface area contributed by atoms with Gasteiger partial charge in [-0.1, -0.05) is 11.6 Å². The molecule has 16 heavy (non-hydrogen) atoms. The third-order valence-electron chi connectivity index (χ3n) is 3.87. The van der Waals surface area contributed by atoms with Crippen molar-refractivity contribution in [1.82, 2.24) is 0 Å². The molecule has 2 aliphatic rings. The minimum Gasteiger partial charge on any atom is -0.487 e. The summed E-state index contributed by atoms with van der Waals surface area (Å²) in [6, 6.07) is 4.06. The zero-order valence-corrected chi connectivity index (χ0v) is 10.2. The fourth-order valence-corrected chi connectivity index (χ4v) is 2.88. The fourth-order valence-electron chi connectivity index (χ4n) is 2.71. The molecule has 0 radical (unpaired) electrons. The minimum absolute atomic E-state index is 0.0344. The molecule has 1 aliphatic heterocycles. The van der Waals surface area contributed by atoms with Crippen molar-refractivity contribution >= 4 is 11.6 Å². The van der Waals surface area contributed by atoms with Crippen molar-refractivity contribution in [2.75, 3.05) is 0 Å². The van der Waals surface area contributed by atoms with E-state index in [-0.39, 0.29) is 11.6 Å². The summed E-state index contributed by atoms with van der Waals surface area (Å²) < 4.78 is 6.12. The summed E-state index contributed by atoms with van der Waals surface area (Å²) in [7, 11) is 0. The van der Waals surface area contributed by atoms with Crippen molar-refractivity contribution in [3.63, 3.8) is 0 Å². The molecule has 1 atom stereocenters. The van der Waals surface area contributed by atoms with Gasteiger partial charge in [0.25, 0.3) is 0 Å². The second-order valence-corrected chi connectivity index (χ2v) is 5.50. The first-order valence-electron chi connectivity index (χ1n) is 5.84. The molecule has 1 saturated carbocycles. The Morgan fingerprint density at radius 2 is 2.19 bits per heavy atom. The van der Waals surface area contributed by atoms with Crippen LogP contribution in [0.2, 0.25) is 5.02 Å². The highest BCUT2D eigenvalue weighted by atomic mass is 35.5. The summed E-state index contributed by atoms with van der Waals surface area (Å²) in [5.41, 5.74) is 8.37. The average Bonchev–Trinajstić information content (AvgIpc) is 2.18. The molecule has 86 valence electrons. The highest BCUT2D eigenvalue weighted by Crippen LogP contribution is 2.48. The van der Waals surface area contributed by atoms with Crippen LogP contribution in [0.4, 0.5) is 0 Å². The molecular weight excluding hydrogens is 222 g/mol. The van der Waals surface area contributed by atoms with Crippen molar-refractivity contribution in [3.8, 4) is 5.75 Å². The first-order chi connectivity index (χ1) is 7.60. The van der Waals surface area contributed by atoms with E-state index < -0.39 is 0 Å². The van der Waals surface area contributed by atoms with Gasteiger partial charge in [0, 0.05) is 23.0 Å². The SMILES string of the molecule is Cc1cc2c(cc1Cl)C(N)CC1(CCC1)O2. The van der Waals surface area contributed by atoms with E-state index in [1.807, 2.05) is 19.1 Å². The van der Waals surface area contributed by atoms with Crippen molar-refractivity contribution in [3.05, 3.63) is 28.3 Å². The van der Waals surface area contributed by atoms with Crippen LogP contribution >= 0.6 is 11.6 Å². The van der Waals surface area contributed by atoms with Gasteiger partial charge in [-0.25, -0.2) is 0 Å². The Morgan fingerprint density at radius 3 is 2.81 bits per heavy atom. The van der Waals surface area contributed by atoms with Crippen molar-refractivity contribution < 1.29 is 4.74 Å². The first-order valence-corrected chi connectivity index (χ1v) is 6.22. The largest absolute Gasteiger partial charge is 0.487 e. The lowest BCUT2D eigenvalue weighted by molar-refractivity contribution is -0.0329. The highest BCUT2D eigenvalue weighted by Gasteiger charge is 2.44. The van der Waals surface area contributed by atoms with E-state index in [2.05, 4.69) is 0 Å². The maximum absolute atomic E-state index is 6.21. The number of ether oxygens (including phenoxy) is 1. The molecule has 2 N–H and O–H groups in total. The smallest absolute Gasteiger partial charge is 0.125 e. The monoisotopic (exact) mass is 237 g/mol. The summed E-state index contributed by atoms with van der Waals surface area (Å²) in [6.07, 6.45) is 4.47. The third-order valence-corrected chi connectivity index (χ3v) is 4.28. The number of fused-ring (bicyclic) bond motifs is 1.